The van der Waals surface area contributed by atoms with E-state index in [9.17, 15) is 0 Å². The largest absolute Gasteiger partial charge is 0.251 e. The quantitative estimate of drug-likeness (QED) is 0.627. The van der Waals surface area contributed by atoms with Crippen molar-refractivity contribution < 1.29 is 0 Å². The number of rotatable bonds is 3. The van der Waals surface area contributed by atoms with Crippen molar-refractivity contribution in [1.29, 1.82) is 0 Å². The molecular formula is C8H14IN3. The van der Waals surface area contributed by atoms with Crippen LogP contribution in [0, 0.1) is 0 Å². The maximum Gasteiger partial charge on any atom is 0.0852 e. The first-order valence-electron chi connectivity index (χ1n) is 4.13. The van der Waals surface area contributed by atoms with Gasteiger partial charge in [-0.15, -0.1) is 5.10 Å². The van der Waals surface area contributed by atoms with E-state index in [1.54, 1.807) is 0 Å². The molecule has 0 saturated carbocycles. The van der Waals surface area contributed by atoms with E-state index in [2.05, 4.69) is 53.7 Å². The third-order valence-corrected chi connectivity index (χ3v) is 1.98. The van der Waals surface area contributed by atoms with Crippen LogP contribution in [0.1, 0.15) is 32.4 Å². The second-order valence-corrected chi connectivity index (χ2v) is 5.43. The highest BCUT2D eigenvalue weighted by molar-refractivity contribution is 14.1. The highest BCUT2D eigenvalue weighted by Gasteiger charge is 2.05. The smallest absolute Gasteiger partial charge is 0.0852 e. The number of aromatic nitrogens is 3. The van der Waals surface area contributed by atoms with Gasteiger partial charge in [-0.2, -0.15) is 0 Å². The van der Waals surface area contributed by atoms with Crippen molar-refractivity contribution in [3.8, 4) is 0 Å². The zero-order valence-electron chi connectivity index (χ0n) is 7.66. The normalized spacial score (nSPS) is 13.8. The minimum atomic E-state index is 0.475. The lowest BCUT2D eigenvalue weighted by atomic mass is 10.2. The predicted molar refractivity (Wildman–Crippen MR) is 57.6 cm³/mol. The molecule has 1 aromatic heterocycles. The fraction of sp³-hybridized carbons (Fsp3) is 0.750. The zero-order valence-corrected chi connectivity index (χ0v) is 9.82. The number of nitrogens with zero attached hydrogens (tertiary/aromatic N) is 3. The molecule has 0 aromatic carbocycles. The minimum Gasteiger partial charge on any atom is -0.251 e. The molecule has 0 aliphatic carbocycles. The van der Waals surface area contributed by atoms with E-state index in [0.29, 0.717) is 9.84 Å². The Hall–Kier alpha value is -0.130. The van der Waals surface area contributed by atoms with Crippen LogP contribution in [0.3, 0.4) is 0 Å². The van der Waals surface area contributed by atoms with Gasteiger partial charge < -0.3 is 0 Å². The Labute approximate surface area is 86.7 Å². The first kappa shape index (κ1) is 9.95. The molecule has 1 aromatic rings. The molecule has 0 spiro atoms. The molecule has 68 valence electrons. The fourth-order valence-corrected chi connectivity index (χ4v) is 1.33. The van der Waals surface area contributed by atoms with Gasteiger partial charge >= 0.3 is 0 Å². The molecule has 0 amide bonds. The molecule has 0 aliphatic heterocycles. The van der Waals surface area contributed by atoms with Crippen molar-refractivity contribution in [2.75, 3.05) is 0 Å². The van der Waals surface area contributed by atoms with Crippen LogP contribution in [0.4, 0.5) is 0 Å². The molecule has 1 atom stereocenters. The van der Waals surface area contributed by atoms with Gasteiger partial charge in [0.15, 0.2) is 0 Å². The lowest BCUT2D eigenvalue weighted by molar-refractivity contribution is 0.596. The Morgan fingerprint density at radius 3 is 2.58 bits per heavy atom. The van der Waals surface area contributed by atoms with E-state index < -0.39 is 0 Å². The second-order valence-electron chi connectivity index (χ2n) is 3.30. The second kappa shape index (κ2) is 4.20. The summed E-state index contributed by atoms with van der Waals surface area (Å²) in [5.41, 5.74) is 1.08. The highest BCUT2D eigenvalue weighted by atomic mass is 127. The van der Waals surface area contributed by atoms with Gasteiger partial charge in [0.2, 0.25) is 0 Å². The number of hydrogen-bond acceptors (Lipinski definition) is 2. The van der Waals surface area contributed by atoms with E-state index in [0.717, 1.165) is 12.2 Å². The molecule has 1 rings (SSSR count). The van der Waals surface area contributed by atoms with E-state index in [4.69, 9.17) is 0 Å². The van der Waals surface area contributed by atoms with Crippen LogP contribution in [-0.2, 0) is 6.54 Å². The molecule has 12 heavy (non-hydrogen) atoms. The third-order valence-electron chi connectivity index (χ3n) is 1.59. The number of hydrogen-bond donors (Lipinski definition) is 0. The summed E-state index contributed by atoms with van der Waals surface area (Å²) in [7, 11) is 0. The topological polar surface area (TPSA) is 30.7 Å². The Morgan fingerprint density at radius 1 is 1.50 bits per heavy atom. The molecule has 0 radical (unpaired) electrons. The van der Waals surface area contributed by atoms with Crippen molar-refractivity contribution in [3.63, 3.8) is 0 Å². The van der Waals surface area contributed by atoms with E-state index in [1.807, 2.05) is 10.9 Å². The van der Waals surface area contributed by atoms with Crippen molar-refractivity contribution in [2.45, 2.75) is 37.2 Å². The average Bonchev–Trinajstić information content (AvgIpc) is 2.34. The van der Waals surface area contributed by atoms with E-state index in [1.165, 1.54) is 0 Å². The van der Waals surface area contributed by atoms with Gasteiger partial charge in [-0.1, -0.05) is 48.6 Å². The lowest BCUT2D eigenvalue weighted by Gasteiger charge is -2.00. The van der Waals surface area contributed by atoms with Crippen molar-refractivity contribution in [3.05, 3.63) is 11.9 Å². The Bertz CT molecular complexity index is 242. The van der Waals surface area contributed by atoms with E-state index in [-0.39, 0.29) is 0 Å². The lowest BCUT2D eigenvalue weighted by Crippen LogP contribution is -2.06. The van der Waals surface area contributed by atoms with Crippen LogP contribution in [-0.4, -0.2) is 18.9 Å². The van der Waals surface area contributed by atoms with Crippen LogP contribution in [0.15, 0.2) is 6.20 Å². The molecule has 4 heteroatoms. The zero-order chi connectivity index (χ0) is 9.14. The van der Waals surface area contributed by atoms with Crippen LogP contribution < -0.4 is 0 Å². The molecule has 0 fully saturated rings. The summed E-state index contributed by atoms with van der Waals surface area (Å²) in [5.74, 6) is 0.475. The summed E-state index contributed by atoms with van der Waals surface area (Å²) in [5, 5.41) is 8.12. The Morgan fingerprint density at radius 2 is 2.17 bits per heavy atom. The Kier molecular flexibility index (Phi) is 3.49. The van der Waals surface area contributed by atoms with Gasteiger partial charge in [0.05, 0.1) is 12.2 Å². The standard InChI is InChI=1S/C8H14IN3/c1-6(2)8-5-12(11-10-8)4-7(3)9/h5-7H,4H2,1-3H3. The van der Waals surface area contributed by atoms with Gasteiger partial charge in [-0.3, -0.25) is 4.68 Å². The predicted octanol–water partition coefficient (Wildman–Crippen LogP) is 2.22. The molecule has 3 nitrogen and oxygen atoms in total. The van der Waals surface area contributed by atoms with Gasteiger partial charge in [-0.25, -0.2) is 0 Å². The van der Waals surface area contributed by atoms with Crippen LogP contribution >= 0.6 is 22.6 Å². The number of alkyl halides is 1. The highest BCUT2D eigenvalue weighted by Crippen LogP contribution is 2.10. The van der Waals surface area contributed by atoms with Crippen LogP contribution in [0.5, 0.6) is 0 Å². The van der Waals surface area contributed by atoms with Crippen molar-refractivity contribution in [2.24, 2.45) is 0 Å². The average molecular weight is 279 g/mol. The van der Waals surface area contributed by atoms with Crippen LogP contribution in [0.25, 0.3) is 0 Å². The van der Waals surface area contributed by atoms with Crippen molar-refractivity contribution >= 4 is 22.6 Å². The molecule has 0 bridgehead atoms. The van der Waals surface area contributed by atoms with E-state index >= 15 is 0 Å². The van der Waals surface area contributed by atoms with Gasteiger partial charge in [0.1, 0.15) is 0 Å². The summed E-state index contributed by atoms with van der Waals surface area (Å²) >= 11 is 2.38. The first-order valence-corrected chi connectivity index (χ1v) is 5.38. The summed E-state index contributed by atoms with van der Waals surface area (Å²) in [6, 6.07) is 0. The maximum absolute atomic E-state index is 4.08. The molecular weight excluding hydrogens is 265 g/mol. The number of halogens is 1. The minimum absolute atomic E-state index is 0.475. The van der Waals surface area contributed by atoms with Crippen LogP contribution in [0.2, 0.25) is 0 Å². The molecule has 0 aliphatic rings. The molecule has 1 heterocycles. The first-order chi connectivity index (χ1) is 5.59. The summed E-state index contributed by atoms with van der Waals surface area (Å²) in [4.78, 5) is 0. The monoisotopic (exact) mass is 279 g/mol. The third kappa shape index (κ3) is 2.73. The van der Waals surface area contributed by atoms with Gasteiger partial charge in [0, 0.05) is 10.1 Å². The van der Waals surface area contributed by atoms with Gasteiger partial charge in [0.25, 0.3) is 0 Å². The maximum atomic E-state index is 4.08. The fourth-order valence-electron chi connectivity index (χ4n) is 0.925. The summed E-state index contributed by atoms with van der Waals surface area (Å²) < 4.78 is 2.51. The molecule has 0 N–H and O–H groups in total. The Balaban J connectivity index is 2.64. The SMILES string of the molecule is CC(I)Cn1cc(C(C)C)nn1. The summed E-state index contributed by atoms with van der Waals surface area (Å²) in [6.45, 7) is 7.36. The molecule has 1 unspecified atom stereocenters. The molecule has 0 saturated heterocycles. The summed E-state index contributed by atoms with van der Waals surface area (Å²) in [6.07, 6.45) is 2.03. The van der Waals surface area contributed by atoms with Gasteiger partial charge in [-0.05, 0) is 5.92 Å². The van der Waals surface area contributed by atoms with Crippen molar-refractivity contribution in [1.82, 2.24) is 15.0 Å².